The van der Waals surface area contributed by atoms with E-state index >= 15 is 0 Å². The van der Waals surface area contributed by atoms with Crippen molar-refractivity contribution in [3.63, 3.8) is 0 Å². The highest BCUT2D eigenvalue weighted by Crippen LogP contribution is 2.30. The number of rotatable bonds is 6. The minimum absolute atomic E-state index is 0.0252. The minimum atomic E-state index is -0.399. The molecule has 1 aliphatic heterocycles. The number of likely N-dealkylation sites (tertiary alicyclic amines) is 1. The van der Waals surface area contributed by atoms with Crippen molar-refractivity contribution in [3.8, 4) is 11.5 Å². The molecule has 146 valence electrons. The molecule has 1 unspecified atom stereocenters. The minimum Gasteiger partial charge on any atom is -0.455 e. The summed E-state index contributed by atoms with van der Waals surface area (Å²) in [6, 6.07) is 20.4. The van der Waals surface area contributed by atoms with E-state index in [1.54, 1.807) is 29.4 Å². The Bertz CT molecular complexity index is 993. The molecule has 0 radical (unpaired) electrons. The van der Waals surface area contributed by atoms with Crippen LogP contribution in [0.5, 0.6) is 11.5 Å². The van der Waals surface area contributed by atoms with Crippen molar-refractivity contribution in [3.05, 3.63) is 84.7 Å². The Morgan fingerprint density at radius 1 is 1.07 bits per heavy atom. The van der Waals surface area contributed by atoms with E-state index in [0.29, 0.717) is 30.3 Å². The van der Waals surface area contributed by atoms with Crippen molar-refractivity contribution in [1.82, 2.24) is 9.88 Å². The van der Waals surface area contributed by atoms with Gasteiger partial charge in [-0.05, 0) is 35.9 Å². The largest absolute Gasteiger partial charge is 0.455 e. The topological polar surface area (TPSA) is 71.5 Å². The van der Waals surface area contributed by atoms with Crippen LogP contribution in [-0.4, -0.2) is 28.2 Å². The lowest BCUT2D eigenvalue weighted by Gasteiger charge is -2.17. The number of nitrogens with zero attached hydrogens (tertiary/aromatic N) is 2. The highest BCUT2D eigenvalue weighted by atomic mass is 16.5. The predicted molar refractivity (Wildman–Crippen MR) is 109 cm³/mol. The molecule has 29 heavy (non-hydrogen) atoms. The number of amides is 2. The van der Waals surface area contributed by atoms with E-state index in [-0.39, 0.29) is 18.2 Å². The monoisotopic (exact) mass is 387 g/mol. The van der Waals surface area contributed by atoms with Crippen LogP contribution in [0.15, 0.2) is 79.1 Å². The molecule has 2 heterocycles. The third kappa shape index (κ3) is 4.60. The first-order chi connectivity index (χ1) is 14.2. The van der Waals surface area contributed by atoms with Crippen molar-refractivity contribution in [2.75, 3.05) is 11.9 Å². The van der Waals surface area contributed by atoms with E-state index in [4.69, 9.17) is 4.74 Å². The summed E-state index contributed by atoms with van der Waals surface area (Å²) < 4.78 is 5.90. The molecule has 1 fully saturated rings. The van der Waals surface area contributed by atoms with Crippen LogP contribution in [-0.2, 0) is 16.1 Å². The Morgan fingerprint density at radius 3 is 2.66 bits per heavy atom. The van der Waals surface area contributed by atoms with Crippen LogP contribution >= 0.6 is 0 Å². The third-order valence-electron chi connectivity index (χ3n) is 4.80. The Kier molecular flexibility index (Phi) is 5.52. The number of para-hydroxylation sites is 3. The number of benzene rings is 2. The van der Waals surface area contributed by atoms with Gasteiger partial charge < -0.3 is 15.0 Å². The Hall–Kier alpha value is -3.67. The summed E-state index contributed by atoms with van der Waals surface area (Å²) in [5.74, 6) is 0.638. The lowest BCUT2D eigenvalue weighted by atomic mass is 10.1. The zero-order valence-electron chi connectivity index (χ0n) is 15.8. The second-order valence-corrected chi connectivity index (χ2v) is 6.94. The van der Waals surface area contributed by atoms with E-state index in [1.807, 2.05) is 54.6 Å². The van der Waals surface area contributed by atoms with Gasteiger partial charge in [0.25, 0.3) is 0 Å². The number of ether oxygens (including phenoxy) is 1. The van der Waals surface area contributed by atoms with Crippen LogP contribution in [0.4, 0.5) is 5.69 Å². The van der Waals surface area contributed by atoms with Crippen LogP contribution in [0, 0.1) is 5.92 Å². The maximum absolute atomic E-state index is 12.8. The van der Waals surface area contributed by atoms with Gasteiger partial charge in [-0.1, -0.05) is 36.4 Å². The van der Waals surface area contributed by atoms with Gasteiger partial charge in [0, 0.05) is 31.9 Å². The molecule has 6 heteroatoms. The first kappa shape index (κ1) is 18.7. The summed E-state index contributed by atoms with van der Waals surface area (Å²) in [5, 5.41) is 2.92. The summed E-state index contributed by atoms with van der Waals surface area (Å²) in [6.07, 6.45) is 3.63. The molecule has 6 nitrogen and oxygen atoms in total. The zero-order chi connectivity index (χ0) is 20.1. The normalized spacial score (nSPS) is 15.9. The number of aromatic nitrogens is 1. The van der Waals surface area contributed by atoms with Crippen molar-refractivity contribution < 1.29 is 14.3 Å². The molecule has 0 aliphatic carbocycles. The van der Waals surface area contributed by atoms with Crippen molar-refractivity contribution in [2.45, 2.75) is 13.0 Å². The summed E-state index contributed by atoms with van der Waals surface area (Å²) in [7, 11) is 0. The molecule has 0 spiro atoms. The molecule has 1 aromatic heterocycles. The Morgan fingerprint density at radius 2 is 1.86 bits per heavy atom. The standard InChI is InChI=1S/C23H21N3O3/c27-22-13-18(16-26(22)15-17-7-6-12-24-14-17)23(28)25-20-10-4-5-11-21(20)29-19-8-2-1-3-9-19/h1-12,14,18H,13,15-16H2,(H,25,28). The van der Waals surface area contributed by atoms with Gasteiger partial charge in [-0.3, -0.25) is 14.6 Å². The predicted octanol–water partition coefficient (Wildman–Crippen LogP) is 3.86. The zero-order valence-corrected chi connectivity index (χ0v) is 15.8. The molecule has 1 saturated heterocycles. The van der Waals surface area contributed by atoms with E-state index in [2.05, 4.69) is 10.3 Å². The van der Waals surface area contributed by atoms with Crippen molar-refractivity contribution in [2.24, 2.45) is 5.92 Å². The lowest BCUT2D eigenvalue weighted by molar-refractivity contribution is -0.128. The van der Waals surface area contributed by atoms with Gasteiger partial charge in [-0.15, -0.1) is 0 Å². The number of carbonyl (C=O) groups excluding carboxylic acids is 2. The molecule has 1 N–H and O–H groups in total. The summed E-state index contributed by atoms with van der Waals surface area (Å²) in [4.78, 5) is 30.9. The summed E-state index contributed by atoms with van der Waals surface area (Å²) in [6.45, 7) is 0.853. The third-order valence-corrected chi connectivity index (χ3v) is 4.80. The maximum Gasteiger partial charge on any atom is 0.229 e. The smallest absolute Gasteiger partial charge is 0.229 e. The van der Waals surface area contributed by atoms with Gasteiger partial charge in [0.1, 0.15) is 5.75 Å². The lowest BCUT2D eigenvalue weighted by Crippen LogP contribution is -2.28. The number of nitrogens with one attached hydrogen (secondary N) is 1. The first-order valence-electron chi connectivity index (χ1n) is 9.48. The van der Waals surface area contributed by atoms with Gasteiger partial charge in [-0.25, -0.2) is 0 Å². The molecule has 3 aromatic rings. The maximum atomic E-state index is 12.8. The van der Waals surface area contributed by atoms with Gasteiger partial charge >= 0.3 is 0 Å². The van der Waals surface area contributed by atoms with Crippen LogP contribution < -0.4 is 10.1 Å². The van der Waals surface area contributed by atoms with Crippen molar-refractivity contribution >= 4 is 17.5 Å². The van der Waals surface area contributed by atoms with E-state index in [1.165, 1.54) is 0 Å². The van der Waals surface area contributed by atoms with Crippen LogP contribution in [0.3, 0.4) is 0 Å². The number of carbonyl (C=O) groups is 2. The highest BCUT2D eigenvalue weighted by Gasteiger charge is 2.34. The molecular formula is C23H21N3O3. The average Bonchev–Trinajstić information content (AvgIpc) is 3.11. The number of pyridine rings is 1. The van der Waals surface area contributed by atoms with E-state index in [0.717, 1.165) is 5.56 Å². The fourth-order valence-electron chi connectivity index (χ4n) is 3.32. The summed E-state index contributed by atoms with van der Waals surface area (Å²) in [5.41, 5.74) is 1.53. The van der Waals surface area contributed by atoms with E-state index in [9.17, 15) is 9.59 Å². The van der Waals surface area contributed by atoms with Crippen LogP contribution in [0.2, 0.25) is 0 Å². The second-order valence-electron chi connectivity index (χ2n) is 6.94. The van der Waals surface area contributed by atoms with Gasteiger partial charge in [0.15, 0.2) is 5.75 Å². The van der Waals surface area contributed by atoms with Gasteiger partial charge in [0.2, 0.25) is 11.8 Å². The average molecular weight is 387 g/mol. The van der Waals surface area contributed by atoms with E-state index < -0.39 is 5.92 Å². The van der Waals surface area contributed by atoms with Crippen LogP contribution in [0.1, 0.15) is 12.0 Å². The quantitative estimate of drug-likeness (QED) is 0.697. The fraction of sp³-hybridized carbons (Fsp3) is 0.174. The summed E-state index contributed by atoms with van der Waals surface area (Å²) >= 11 is 0. The molecule has 2 amide bonds. The Balaban J connectivity index is 1.42. The van der Waals surface area contributed by atoms with Gasteiger partial charge in [-0.2, -0.15) is 0 Å². The molecule has 1 atom stereocenters. The highest BCUT2D eigenvalue weighted by molar-refractivity contribution is 5.98. The number of hydrogen-bond donors (Lipinski definition) is 1. The number of hydrogen-bond acceptors (Lipinski definition) is 4. The molecule has 2 aromatic carbocycles. The van der Waals surface area contributed by atoms with Gasteiger partial charge in [0.05, 0.1) is 11.6 Å². The first-order valence-corrected chi connectivity index (χ1v) is 9.48. The van der Waals surface area contributed by atoms with Crippen molar-refractivity contribution in [1.29, 1.82) is 0 Å². The van der Waals surface area contributed by atoms with Crippen LogP contribution in [0.25, 0.3) is 0 Å². The molecule has 4 rings (SSSR count). The molecular weight excluding hydrogens is 366 g/mol. The Labute approximate surface area is 169 Å². The fourth-order valence-corrected chi connectivity index (χ4v) is 3.32. The SMILES string of the molecule is O=C(Nc1ccccc1Oc1ccccc1)C1CC(=O)N(Cc2cccnc2)C1. The second kappa shape index (κ2) is 8.56. The molecule has 0 bridgehead atoms. The molecule has 0 saturated carbocycles. The number of anilines is 1. The molecule has 1 aliphatic rings.